The molecule has 0 spiro atoms. The van der Waals surface area contributed by atoms with Crippen molar-refractivity contribution in [2.75, 3.05) is 26.7 Å². The molecule has 0 aliphatic rings. The predicted molar refractivity (Wildman–Crippen MR) is 145 cm³/mol. The highest BCUT2D eigenvalue weighted by atomic mass is 79.9. The maximum atomic E-state index is 14.7. The monoisotopic (exact) mass is 579 g/mol. The molecule has 37 heavy (non-hydrogen) atoms. The summed E-state index contributed by atoms with van der Waals surface area (Å²) in [5.41, 5.74) is -0.551. The number of aliphatic carboxylic acids is 2. The molecule has 7 nitrogen and oxygen atoms in total. The molecule has 2 aromatic rings. The number of carboxylic acid groups (broad SMARTS) is 2. The Morgan fingerprint density at radius 1 is 1.05 bits per heavy atom. The number of nitrogens with zero attached hydrogens (tertiary/aromatic N) is 1. The van der Waals surface area contributed by atoms with Crippen molar-refractivity contribution in [1.29, 1.82) is 0 Å². The van der Waals surface area contributed by atoms with Gasteiger partial charge < -0.3 is 25.0 Å². The van der Waals surface area contributed by atoms with Gasteiger partial charge in [-0.25, -0.2) is 14.0 Å². The Kier molecular flexibility index (Phi) is 14.4. The lowest BCUT2D eigenvalue weighted by atomic mass is 9.88. The second-order valence-electron chi connectivity index (χ2n) is 8.54. The predicted octanol–water partition coefficient (Wildman–Crippen LogP) is 5.61. The number of halogens is 2. The molecule has 0 fully saturated rings. The molecule has 1 unspecified atom stereocenters. The zero-order chi connectivity index (χ0) is 27.8. The summed E-state index contributed by atoms with van der Waals surface area (Å²) in [6, 6.07) is 11.9. The molecule has 0 amide bonds. The van der Waals surface area contributed by atoms with E-state index in [2.05, 4.69) is 34.5 Å². The quantitative estimate of drug-likeness (QED) is 0.151. The van der Waals surface area contributed by atoms with E-state index in [-0.39, 0.29) is 5.56 Å². The van der Waals surface area contributed by atoms with Gasteiger partial charge in [-0.05, 0) is 63.2 Å². The molecule has 3 N–H and O–H groups in total. The van der Waals surface area contributed by atoms with Crippen LogP contribution in [0.15, 0.2) is 71.7 Å². The molecule has 9 heteroatoms. The summed E-state index contributed by atoms with van der Waals surface area (Å²) < 4.78 is 21.3. The van der Waals surface area contributed by atoms with E-state index in [1.165, 1.54) is 6.07 Å². The summed E-state index contributed by atoms with van der Waals surface area (Å²) in [6.45, 7) is 7.88. The van der Waals surface area contributed by atoms with Crippen molar-refractivity contribution in [3.63, 3.8) is 0 Å². The average molecular weight is 580 g/mol. The van der Waals surface area contributed by atoms with Crippen LogP contribution in [0.2, 0.25) is 0 Å². The van der Waals surface area contributed by atoms with Gasteiger partial charge in [-0.3, -0.25) is 0 Å². The van der Waals surface area contributed by atoms with Crippen molar-refractivity contribution in [3.8, 4) is 5.75 Å². The molecule has 202 valence electrons. The van der Waals surface area contributed by atoms with Gasteiger partial charge in [0.2, 0.25) is 0 Å². The lowest BCUT2D eigenvalue weighted by Gasteiger charge is -2.25. The van der Waals surface area contributed by atoms with E-state index in [0.717, 1.165) is 43.2 Å². The van der Waals surface area contributed by atoms with Crippen LogP contribution in [0.5, 0.6) is 5.75 Å². The van der Waals surface area contributed by atoms with Crippen LogP contribution in [0.3, 0.4) is 0 Å². The first kappa shape index (κ1) is 32.0. The van der Waals surface area contributed by atoms with Crippen LogP contribution in [-0.2, 0) is 15.2 Å². The third-order valence-electron chi connectivity index (χ3n) is 5.38. The molecule has 0 bridgehead atoms. The second-order valence-corrected chi connectivity index (χ2v) is 9.46. The number of unbranched alkanes of at least 4 members (excludes halogenated alkanes) is 3. The zero-order valence-corrected chi connectivity index (χ0v) is 22.8. The molecular formula is C28H35BrFNO6. The molecule has 2 aromatic carbocycles. The Balaban J connectivity index is 0.000000738. The Hall–Kier alpha value is -3.01. The summed E-state index contributed by atoms with van der Waals surface area (Å²) in [7, 11) is 2.09. The second kappa shape index (κ2) is 16.7. The van der Waals surface area contributed by atoms with Crippen LogP contribution >= 0.6 is 15.9 Å². The largest absolute Gasteiger partial charge is 0.493 e. The molecule has 0 radical (unpaired) electrons. The standard InChI is InChI=1S/C24H31BrFNO2.C4H4O4/c1-4-15-27(3)16-7-5-6-8-17-29-21-13-14-22(23(26)18-21)24(2,28)19-9-11-20(25)12-10-19;5-3(6)1-2-4(7)8/h4,9-14,18,28H,1,5-8,15-17H2,2-3H3;1-2H,(H,5,6)(H,7,8). The zero-order valence-electron chi connectivity index (χ0n) is 21.2. The topological polar surface area (TPSA) is 107 Å². The first-order chi connectivity index (χ1) is 17.5. The van der Waals surface area contributed by atoms with Crippen molar-refractivity contribution < 1.29 is 34.0 Å². The minimum Gasteiger partial charge on any atom is -0.493 e. The molecule has 0 saturated heterocycles. The van der Waals surface area contributed by atoms with Gasteiger partial charge in [-0.1, -0.05) is 47.0 Å². The van der Waals surface area contributed by atoms with E-state index in [4.69, 9.17) is 14.9 Å². The van der Waals surface area contributed by atoms with Gasteiger partial charge in [-0.2, -0.15) is 0 Å². The summed E-state index contributed by atoms with van der Waals surface area (Å²) in [6.07, 6.45) is 7.35. The molecule has 0 aliphatic carbocycles. The maximum Gasteiger partial charge on any atom is 0.328 e. The van der Waals surface area contributed by atoms with Crippen LogP contribution in [0.4, 0.5) is 4.39 Å². The van der Waals surface area contributed by atoms with Gasteiger partial charge >= 0.3 is 11.9 Å². The summed E-state index contributed by atoms with van der Waals surface area (Å²) >= 11 is 3.37. The van der Waals surface area contributed by atoms with E-state index >= 15 is 0 Å². The Labute approximate surface area is 226 Å². The summed E-state index contributed by atoms with van der Waals surface area (Å²) in [5, 5.41) is 26.5. The average Bonchev–Trinajstić information content (AvgIpc) is 2.83. The molecule has 0 aromatic heterocycles. The van der Waals surface area contributed by atoms with Gasteiger partial charge in [-0.15, -0.1) is 6.58 Å². The number of rotatable bonds is 14. The Morgan fingerprint density at radius 3 is 2.19 bits per heavy atom. The van der Waals surface area contributed by atoms with Crippen LogP contribution in [-0.4, -0.2) is 58.9 Å². The van der Waals surface area contributed by atoms with Gasteiger partial charge in [0.15, 0.2) is 0 Å². The normalized spacial score (nSPS) is 12.5. The number of benzene rings is 2. The number of hydrogen-bond donors (Lipinski definition) is 3. The molecular weight excluding hydrogens is 545 g/mol. The molecule has 0 aliphatic heterocycles. The molecule has 1 atom stereocenters. The van der Waals surface area contributed by atoms with Crippen molar-refractivity contribution in [1.82, 2.24) is 4.90 Å². The SMILES string of the molecule is C=CCN(C)CCCCCCOc1ccc(C(C)(O)c2ccc(Br)cc2)c(F)c1.O=C(O)C=CC(=O)O. The van der Waals surface area contributed by atoms with Gasteiger partial charge in [0.05, 0.1) is 6.61 Å². The first-order valence-electron chi connectivity index (χ1n) is 11.8. The molecule has 0 saturated carbocycles. The highest BCUT2D eigenvalue weighted by Gasteiger charge is 2.29. The fourth-order valence-corrected chi connectivity index (χ4v) is 3.66. The number of carbonyl (C=O) groups is 2. The van der Waals surface area contributed by atoms with E-state index in [1.807, 2.05) is 18.2 Å². The summed E-state index contributed by atoms with van der Waals surface area (Å²) in [4.78, 5) is 21.4. The van der Waals surface area contributed by atoms with E-state index in [9.17, 15) is 19.1 Å². The minimum absolute atomic E-state index is 0.232. The number of carboxylic acids is 2. The van der Waals surface area contributed by atoms with Crippen LogP contribution < -0.4 is 4.74 Å². The number of likely N-dealkylation sites (N-methyl/N-ethyl adjacent to an activating group) is 1. The lowest BCUT2D eigenvalue weighted by molar-refractivity contribution is -0.134. The van der Waals surface area contributed by atoms with Crippen molar-refractivity contribution in [3.05, 3.63) is 88.7 Å². The molecule has 2 rings (SSSR count). The highest BCUT2D eigenvalue weighted by Crippen LogP contribution is 2.33. The highest BCUT2D eigenvalue weighted by molar-refractivity contribution is 9.10. The van der Waals surface area contributed by atoms with E-state index in [1.54, 1.807) is 31.2 Å². The Morgan fingerprint density at radius 2 is 1.65 bits per heavy atom. The summed E-state index contributed by atoms with van der Waals surface area (Å²) in [5.74, 6) is -2.50. The van der Waals surface area contributed by atoms with Crippen LogP contribution in [0.1, 0.15) is 43.7 Å². The maximum absolute atomic E-state index is 14.7. The fourth-order valence-electron chi connectivity index (χ4n) is 3.39. The van der Waals surface area contributed by atoms with E-state index < -0.39 is 23.4 Å². The van der Waals surface area contributed by atoms with Crippen molar-refractivity contribution in [2.45, 2.75) is 38.2 Å². The van der Waals surface area contributed by atoms with Gasteiger partial charge in [0.25, 0.3) is 0 Å². The first-order valence-corrected chi connectivity index (χ1v) is 12.6. The van der Waals surface area contributed by atoms with E-state index in [0.29, 0.717) is 30.1 Å². The number of aliphatic hydroxyl groups is 1. The van der Waals surface area contributed by atoms with Crippen molar-refractivity contribution in [2.24, 2.45) is 0 Å². The van der Waals surface area contributed by atoms with Gasteiger partial charge in [0.1, 0.15) is 17.2 Å². The number of hydrogen-bond acceptors (Lipinski definition) is 5. The molecule has 0 heterocycles. The van der Waals surface area contributed by atoms with Crippen LogP contribution in [0.25, 0.3) is 0 Å². The Bertz CT molecular complexity index is 1020. The minimum atomic E-state index is -1.41. The van der Waals surface area contributed by atoms with Crippen molar-refractivity contribution >= 4 is 27.9 Å². The van der Waals surface area contributed by atoms with Crippen LogP contribution in [0, 0.1) is 5.82 Å². The smallest absolute Gasteiger partial charge is 0.328 e. The third-order valence-corrected chi connectivity index (χ3v) is 5.91. The third kappa shape index (κ3) is 12.7. The fraction of sp³-hybridized carbons (Fsp3) is 0.357. The lowest BCUT2D eigenvalue weighted by Crippen LogP contribution is -2.24. The van der Waals surface area contributed by atoms with Gasteiger partial charge in [0, 0.05) is 34.8 Å². The number of ether oxygens (including phenoxy) is 1.